The van der Waals surface area contributed by atoms with Crippen LogP contribution in [0, 0.1) is 0 Å². The molecule has 1 saturated heterocycles. The van der Waals surface area contributed by atoms with Gasteiger partial charge in [0.05, 0.1) is 5.57 Å². The quantitative estimate of drug-likeness (QED) is 0.318. The highest BCUT2D eigenvalue weighted by Gasteiger charge is 2.34. The van der Waals surface area contributed by atoms with Crippen LogP contribution in [0.2, 0.25) is 0 Å². The van der Waals surface area contributed by atoms with E-state index >= 15 is 0 Å². The fraction of sp³-hybridized carbons (Fsp3) is 0.111. The standard InChI is InChI=1S/C9H10BNO2/c1-3-5-7-6(4-2)8(12)11(10)9(7)13/h3-5H,1,10H2,2H3/b6-4+,7-5+. The Balaban J connectivity index is 3.24. The van der Waals surface area contributed by atoms with Gasteiger partial charge in [0.25, 0.3) is 0 Å². The van der Waals surface area contributed by atoms with Crippen LogP contribution in [-0.4, -0.2) is 24.6 Å². The lowest BCUT2D eigenvalue weighted by atomic mass is 10.1. The first-order valence-corrected chi connectivity index (χ1v) is 3.95. The predicted octanol–water partition coefficient (Wildman–Crippen LogP) is -0.0380. The van der Waals surface area contributed by atoms with Crippen LogP contribution in [0.1, 0.15) is 6.92 Å². The molecule has 0 aromatic heterocycles. The molecular formula is C9H10BNO2. The van der Waals surface area contributed by atoms with Crippen molar-refractivity contribution in [1.29, 1.82) is 0 Å². The lowest BCUT2D eigenvalue weighted by Crippen LogP contribution is -2.26. The highest BCUT2D eigenvalue weighted by Crippen LogP contribution is 2.22. The number of rotatable bonds is 1. The number of carbonyl (C=O) groups is 2. The fourth-order valence-corrected chi connectivity index (χ4v) is 1.24. The normalized spacial score (nSPS) is 23.3. The third kappa shape index (κ3) is 1.35. The van der Waals surface area contributed by atoms with E-state index in [0.29, 0.717) is 11.1 Å². The molecule has 0 unspecified atom stereocenters. The zero-order chi connectivity index (χ0) is 10.0. The van der Waals surface area contributed by atoms with Gasteiger partial charge in [0, 0.05) is 5.57 Å². The third-order valence-electron chi connectivity index (χ3n) is 1.93. The highest BCUT2D eigenvalue weighted by atomic mass is 16.2. The van der Waals surface area contributed by atoms with Gasteiger partial charge in [0.2, 0.25) is 19.8 Å². The summed E-state index contributed by atoms with van der Waals surface area (Å²) in [5.74, 6) is -0.515. The second-order valence-corrected chi connectivity index (χ2v) is 2.69. The van der Waals surface area contributed by atoms with Crippen LogP contribution in [0.4, 0.5) is 0 Å². The summed E-state index contributed by atoms with van der Waals surface area (Å²) in [7, 11) is 1.47. The number of carbonyl (C=O) groups excluding carboxylic acids is 2. The number of hydrogen-bond donors (Lipinski definition) is 0. The molecule has 0 radical (unpaired) electrons. The predicted molar refractivity (Wildman–Crippen MR) is 52.4 cm³/mol. The molecule has 0 bridgehead atoms. The molecule has 1 aliphatic heterocycles. The van der Waals surface area contributed by atoms with Crippen molar-refractivity contribution in [2.24, 2.45) is 0 Å². The van der Waals surface area contributed by atoms with Crippen molar-refractivity contribution < 1.29 is 9.59 Å². The first-order chi connectivity index (χ1) is 6.13. The van der Waals surface area contributed by atoms with Gasteiger partial charge in [0.15, 0.2) is 0 Å². The van der Waals surface area contributed by atoms with Gasteiger partial charge in [0.1, 0.15) is 0 Å². The van der Waals surface area contributed by atoms with E-state index in [-0.39, 0.29) is 11.8 Å². The maximum atomic E-state index is 11.4. The molecule has 0 aromatic carbocycles. The summed E-state index contributed by atoms with van der Waals surface area (Å²) in [6, 6.07) is 0. The molecule has 3 nitrogen and oxygen atoms in total. The Hall–Kier alpha value is -1.58. The summed E-state index contributed by atoms with van der Waals surface area (Å²) in [5.41, 5.74) is 0.873. The maximum Gasteiger partial charge on any atom is 0.248 e. The number of allylic oxidation sites excluding steroid dienone is 3. The molecule has 0 spiro atoms. The van der Waals surface area contributed by atoms with E-state index < -0.39 is 0 Å². The highest BCUT2D eigenvalue weighted by molar-refractivity contribution is 6.38. The third-order valence-corrected chi connectivity index (χ3v) is 1.93. The van der Waals surface area contributed by atoms with Gasteiger partial charge in [-0.1, -0.05) is 18.7 Å². The van der Waals surface area contributed by atoms with Gasteiger partial charge in [-0.15, -0.1) is 0 Å². The second kappa shape index (κ2) is 3.43. The van der Waals surface area contributed by atoms with Gasteiger partial charge in [-0.3, -0.25) is 9.59 Å². The molecule has 1 fully saturated rings. The minimum absolute atomic E-state index is 0.249. The zero-order valence-electron chi connectivity index (χ0n) is 7.70. The lowest BCUT2D eigenvalue weighted by Gasteiger charge is -2.02. The lowest BCUT2D eigenvalue weighted by molar-refractivity contribution is -0.130. The Bertz CT molecular complexity index is 342. The van der Waals surface area contributed by atoms with E-state index in [1.165, 1.54) is 14.1 Å². The van der Waals surface area contributed by atoms with E-state index in [1.54, 1.807) is 19.1 Å². The van der Waals surface area contributed by atoms with E-state index in [2.05, 4.69) is 6.58 Å². The Morgan fingerprint density at radius 3 is 2.31 bits per heavy atom. The van der Waals surface area contributed by atoms with Crippen LogP contribution in [0.5, 0.6) is 0 Å². The molecule has 0 N–H and O–H groups in total. The molecule has 0 saturated carbocycles. The van der Waals surface area contributed by atoms with Crippen molar-refractivity contribution >= 4 is 19.8 Å². The maximum absolute atomic E-state index is 11.4. The van der Waals surface area contributed by atoms with E-state index in [0.717, 1.165) is 4.81 Å². The number of nitrogens with zero attached hydrogens (tertiary/aromatic N) is 1. The number of hydrogen-bond acceptors (Lipinski definition) is 2. The smallest absolute Gasteiger partial charge is 0.248 e. The van der Waals surface area contributed by atoms with Crippen molar-refractivity contribution in [3.63, 3.8) is 0 Å². The molecule has 0 aliphatic carbocycles. The SMILES string of the molecule is BN1C(=O)C(=C/C)/C(=C\C=C)C1=O. The fourth-order valence-electron chi connectivity index (χ4n) is 1.24. The van der Waals surface area contributed by atoms with Crippen molar-refractivity contribution in [3.8, 4) is 0 Å². The Morgan fingerprint density at radius 2 is 1.85 bits per heavy atom. The molecule has 0 atom stereocenters. The summed E-state index contributed by atoms with van der Waals surface area (Å²) < 4.78 is 0. The van der Waals surface area contributed by atoms with Gasteiger partial charge >= 0.3 is 0 Å². The molecule has 1 aliphatic rings. The summed E-state index contributed by atoms with van der Waals surface area (Å²) in [4.78, 5) is 23.9. The van der Waals surface area contributed by atoms with Gasteiger partial charge in [-0.05, 0) is 13.0 Å². The largest absolute Gasteiger partial charge is 0.328 e. The first kappa shape index (κ1) is 9.51. The van der Waals surface area contributed by atoms with Crippen molar-refractivity contribution in [2.45, 2.75) is 6.92 Å². The van der Waals surface area contributed by atoms with Crippen LogP contribution in [0.25, 0.3) is 0 Å². The summed E-state index contributed by atoms with van der Waals surface area (Å²) in [5, 5.41) is 0. The van der Waals surface area contributed by atoms with Gasteiger partial charge < -0.3 is 4.81 Å². The molecule has 1 rings (SSSR count). The molecule has 2 amide bonds. The molecule has 66 valence electrons. The summed E-state index contributed by atoms with van der Waals surface area (Å²) in [6.45, 7) is 5.22. The van der Waals surface area contributed by atoms with Gasteiger partial charge in [-0.2, -0.15) is 0 Å². The molecule has 13 heavy (non-hydrogen) atoms. The summed E-state index contributed by atoms with van der Waals surface area (Å²) in [6.07, 6.45) is 4.70. The average Bonchev–Trinajstić information content (AvgIpc) is 2.32. The second-order valence-electron chi connectivity index (χ2n) is 2.69. The minimum Gasteiger partial charge on any atom is -0.328 e. The number of amides is 2. The van der Waals surface area contributed by atoms with E-state index in [9.17, 15) is 9.59 Å². The Labute approximate surface area is 77.8 Å². The molecule has 0 aromatic rings. The van der Waals surface area contributed by atoms with Crippen molar-refractivity contribution in [1.82, 2.24) is 4.81 Å². The molecule has 4 heteroatoms. The first-order valence-electron chi connectivity index (χ1n) is 3.95. The van der Waals surface area contributed by atoms with Crippen molar-refractivity contribution in [2.75, 3.05) is 0 Å². The van der Waals surface area contributed by atoms with Crippen LogP contribution in [0.15, 0.2) is 36.0 Å². The number of imide groups is 1. The minimum atomic E-state index is -0.266. The van der Waals surface area contributed by atoms with Crippen LogP contribution in [-0.2, 0) is 9.59 Å². The molecule has 1 heterocycles. The Morgan fingerprint density at radius 1 is 1.31 bits per heavy atom. The van der Waals surface area contributed by atoms with Crippen molar-refractivity contribution in [3.05, 3.63) is 36.0 Å². The van der Waals surface area contributed by atoms with Crippen LogP contribution >= 0.6 is 0 Å². The Kier molecular flexibility index (Phi) is 2.51. The topological polar surface area (TPSA) is 37.4 Å². The van der Waals surface area contributed by atoms with Crippen LogP contribution in [0.3, 0.4) is 0 Å². The monoisotopic (exact) mass is 175 g/mol. The average molecular weight is 175 g/mol. The van der Waals surface area contributed by atoms with E-state index in [1.807, 2.05) is 0 Å². The van der Waals surface area contributed by atoms with Gasteiger partial charge in [-0.25, -0.2) is 0 Å². The van der Waals surface area contributed by atoms with Crippen LogP contribution < -0.4 is 0 Å². The summed E-state index contributed by atoms with van der Waals surface area (Å²) >= 11 is 0. The molecular weight excluding hydrogens is 165 g/mol. The zero-order valence-corrected chi connectivity index (χ0v) is 7.70. The van der Waals surface area contributed by atoms with E-state index in [4.69, 9.17) is 0 Å².